The van der Waals surface area contributed by atoms with Crippen LogP contribution in [0.25, 0.3) is 0 Å². The normalized spacial score (nSPS) is 21.0. The fraction of sp³-hybridized carbons (Fsp3) is 0.500. The van der Waals surface area contributed by atoms with E-state index in [2.05, 4.69) is 5.32 Å². The van der Waals surface area contributed by atoms with E-state index in [-0.39, 0.29) is 23.6 Å². The predicted molar refractivity (Wildman–Crippen MR) is 80.1 cm³/mol. The van der Waals surface area contributed by atoms with Crippen molar-refractivity contribution in [3.63, 3.8) is 0 Å². The average molecular weight is 307 g/mol. The van der Waals surface area contributed by atoms with Crippen LogP contribution in [0.3, 0.4) is 0 Å². The Morgan fingerprint density at radius 2 is 1.86 bits per heavy atom. The third-order valence-electron chi connectivity index (χ3n) is 3.90. The number of aliphatic hydroxyl groups is 1. The number of esters is 1. The van der Waals surface area contributed by atoms with Gasteiger partial charge in [0.15, 0.2) is 0 Å². The quantitative estimate of drug-likeness (QED) is 0.824. The summed E-state index contributed by atoms with van der Waals surface area (Å²) in [6.07, 6.45) is 2.64. The summed E-state index contributed by atoms with van der Waals surface area (Å²) in [5, 5.41) is 12.4. The first-order valence-corrected chi connectivity index (χ1v) is 7.30. The van der Waals surface area contributed by atoms with Crippen molar-refractivity contribution < 1.29 is 24.2 Å². The second-order valence-electron chi connectivity index (χ2n) is 5.39. The van der Waals surface area contributed by atoms with Gasteiger partial charge in [-0.3, -0.25) is 4.79 Å². The van der Waals surface area contributed by atoms with E-state index in [4.69, 9.17) is 9.47 Å². The van der Waals surface area contributed by atoms with Gasteiger partial charge in [0, 0.05) is 11.6 Å². The maximum atomic E-state index is 12.3. The van der Waals surface area contributed by atoms with Crippen LogP contribution >= 0.6 is 0 Å². The van der Waals surface area contributed by atoms with E-state index in [0.29, 0.717) is 24.2 Å². The number of ether oxygens (including phenoxy) is 2. The van der Waals surface area contributed by atoms with Crippen LogP contribution in [0.1, 0.15) is 46.4 Å². The van der Waals surface area contributed by atoms with Crippen LogP contribution in [0.5, 0.6) is 5.75 Å². The molecular weight excluding hydrogens is 286 g/mol. The van der Waals surface area contributed by atoms with Crippen LogP contribution in [-0.2, 0) is 4.74 Å². The fourth-order valence-electron chi connectivity index (χ4n) is 2.61. The van der Waals surface area contributed by atoms with E-state index in [1.165, 1.54) is 20.3 Å². The molecule has 6 nitrogen and oxygen atoms in total. The lowest BCUT2D eigenvalue weighted by Crippen LogP contribution is -2.38. The zero-order chi connectivity index (χ0) is 16.1. The second kappa shape index (κ2) is 7.26. The summed E-state index contributed by atoms with van der Waals surface area (Å²) in [6, 6.07) is 4.71. The maximum Gasteiger partial charge on any atom is 0.341 e. The SMILES string of the molecule is COC(=O)c1cc(C(=O)N[C@H]2CC[C@H](O)CC2)ccc1OC. The van der Waals surface area contributed by atoms with Crippen LogP contribution in [0, 0.1) is 0 Å². The van der Waals surface area contributed by atoms with Crippen molar-refractivity contribution in [1.29, 1.82) is 0 Å². The summed E-state index contributed by atoms with van der Waals surface area (Å²) < 4.78 is 9.80. The van der Waals surface area contributed by atoms with E-state index in [1.807, 2.05) is 0 Å². The van der Waals surface area contributed by atoms with Crippen molar-refractivity contribution in [1.82, 2.24) is 5.32 Å². The molecule has 2 rings (SSSR count). The largest absolute Gasteiger partial charge is 0.496 e. The number of carbonyl (C=O) groups excluding carboxylic acids is 2. The monoisotopic (exact) mass is 307 g/mol. The topological polar surface area (TPSA) is 84.9 Å². The van der Waals surface area contributed by atoms with Crippen molar-refractivity contribution in [3.8, 4) is 5.75 Å². The zero-order valence-corrected chi connectivity index (χ0v) is 12.8. The molecule has 1 aromatic carbocycles. The van der Waals surface area contributed by atoms with Crippen LogP contribution in [0.2, 0.25) is 0 Å². The van der Waals surface area contributed by atoms with Crippen molar-refractivity contribution in [2.24, 2.45) is 0 Å². The van der Waals surface area contributed by atoms with Crippen molar-refractivity contribution in [2.75, 3.05) is 14.2 Å². The summed E-state index contributed by atoms with van der Waals surface area (Å²) in [7, 11) is 2.73. The maximum absolute atomic E-state index is 12.3. The molecule has 0 aromatic heterocycles. The van der Waals surface area contributed by atoms with Gasteiger partial charge in [-0.1, -0.05) is 0 Å². The molecule has 2 N–H and O–H groups in total. The Morgan fingerprint density at radius 1 is 1.18 bits per heavy atom. The molecule has 0 radical (unpaired) electrons. The van der Waals surface area contributed by atoms with Gasteiger partial charge < -0.3 is 19.9 Å². The van der Waals surface area contributed by atoms with Gasteiger partial charge in [0.25, 0.3) is 5.91 Å². The van der Waals surface area contributed by atoms with E-state index in [0.717, 1.165) is 12.8 Å². The third-order valence-corrected chi connectivity index (χ3v) is 3.90. The van der Waals surface area contributed by atoms with Crippen LogP contribution < -0.4 is 10.1 Å². The first kappa shape index (κ1) is 16.3. The molecule has 1 aliphatic carbocycles. The molecule has 1 aliphatic rings. The van der Waals surface area contributed by atoms with Crippen LogP contribution in [0.15, 0.2) is 18.2 Å². The van der Waals surface area contributed by atoms with Crippen LogP contribution in [0.4, 0.5) is 0 Å². The third kappa shape index (κ3) is 3.76. The first-order valence-electron chi connectivity index (χ1n) is 7.30. The summed E-state index contributed by atoms with van der Waals surface area (Å²) in [6.45, 7) is 0. The average Bonchev–Trinajstić information content (AvgIpc) is 2.55. The molecule has 1 fully saturated rings. The molecule has 1 amide bonds. The Balaban J connectivity index is 2.11. The highest BCUT2D eigenvalue weighted by atomic mass is 16.5. The van der Waals surface area contributed by atoms with Gasteiger partial charge >= 0.3 is 5.97 Å². The van der Waals surface area contributed by atoms with Crippen molar-refractivity contribution in [3.05, 3.63) is 29.3 Å². The minimum Gasteiger partial charge on any atom is -0.496 e. The van der Waals surface area contributed by atoms with Crippen molar-refractivity contribution >= 4 is 11.9 Å². The van der Waals surface area contributed by atoms with E-state index >= 15 is 0 Å². The van der Waals surface area contributed by atoms with Gasteiger partial charge in [-0.05, 0) is 43.9 Å². The molecule has 0 bridgehead atoms. The molecule has 6 heteroatoms. The van der Waals surface area contributed by atoms with E-state index in [9.17, 15) is 14.7 Å². The molecule has 0 heterocycles. The van der Waals surface area contributed by atoms with Crippen molar-refractivity contribution in [2.45, 2.75) is 37.8 Å². The lowest BCUT2D eigenvalue weighted by molar-refractivity contribution is 0.0597. The molecule has 0 aliphatic heterocycles. The summed E-state index contributed by atoms with van der Waals surface area (Å²) in [5.41, 5.74) is 0.601. The number of carbonyl (C=O) groups is 2. The molecule has 1 aromatic rings. The zero-order valence-electron chi connectivity index (χ0n) is 12.8. The number of aliphatic hydroxyl groups excluding tert-OH is 1. The molecule has 0 saturated heterocycles. The highest BCUT2D eigenvalue weighted by Crippen LogP contribution is 2.22. The molecule has 22 heavy (non-hydrogen) atoms. The number of methoxy groups -OCH3 is 2. The highest BCUT2D eigenvalue weighted by Gasteiger charge is 2.22. The van der Waals surface area contributed by atoms with E-state index in [1.54, 1.807) is 12.1 Å². The first-order chi connectivity index (χ1) is 10.5. The number of nitrogens with one attached hydrogen (secondary N) is 1. The Morgan fingerprint density at radius 3 is 2.45 bits per heavy atom. The fourth-order valence-corrected chi connectivity index (χ4v) is 2.61. The smallest absolute Gasteiger partial charge is 0.341 e. The number of rotatable bonds is 4. The van der Waals surface area contributed by atoms with Gasteiger partial charge in [0.2, 0.25) is 0 Å². The molecule has 0 spiro atoms. The van der Waals surface area contributed by atoms with Gasteiger partial charge in [0.1, 0.15) is 11.3 Å². The van der Waals surface area contributed by atoms with E-state index < -0.39 is 5.97 Å². The Bertz CT molecular complexity index is 549. The number of benzene rings is 1. The minimum atomic E-state index is -0.549. The van der Waals surface area contributed by atoms with Gasteiger partial charge in [-0.25, -0.2) is 4.79 Å². The Kier molecular flexibility index (Phi) is 5.38. The number of hydrogen-bond donors (Lipinski definition) is 2. The summed E-state index contributed by atoms with van der Waals surface area (Å²) in [5.74, 6) is -0.425. The molecule has 0 atom stereocenters. The summed E-state index contributed by atoms with van der Waals surface area (Å²) in [4.78, 5) is 24.0. The number of amides is 1. The number of hydrogen-bond acceptors (Lipinski definition) is 5. The molecule has 0 unspecified atom stereocenters. The van der Waals surface area contributed by atoms with Crippen LogP contribution in [-0.4, -0.2) is 43.3 Å². The highest BCUT2D eigenvalue weighted by molar-refractivity contribution is 5.99. The van der Waals surface area contributed by atoms with Gasteiger partial charge in [-0.2, -0.15) is 0 Å². The Labute approximate surface area is 129 Å². The molecular formula is C16H21NO5. The molecule has 120 valence electrons. The summed E-state index contributed by atoms with van der Waals surface area (Å²) >= 11 is 0. The van der Waals surface area contributed by atoms with Gasteiger partial charge in [0.05, 0.1) is 20.3 Å². The standard InChI is InChI=1S/C16H21NO5/c1-21-14-8-3-10(9-13(14)16(20)22-2)15(19)17-11-4-6-12(18)7-5-11/h3,8-9,11-12,18H,4-7H2,1-2H3,(H,17,19)/t11-,12-. The predicted octanol–water partition coefficient (Wildman–Crippen LogP) is 1.52. The minimum absolute atomic E-state index is 0.0552. The second-order valence-corrected chi connectivity index (χ2v) is 5.39. The molecule has 1 saturated carbocycles. The Hall–Kier alpha value is -2.08. The van der Waals surface area contributed by atoms with Gasteiger partial charge in [-0.15, -0.1) is 0 Å². The lowest BCUT2D eigenvalue weighted by Gasteiger charge is -2.26. The lowest BCUT2D eigenvalue weighted by atomic mass is 9.93.